The summed E-state index contributed by atoms with van der Waals surface area (Å²) in [6.07, 6.45) is 0. The lowest BCUT2D eigenvalue weighted by atomic mass is 10.1. The molecule has 0 fully saturated rings. The van der Waals surface area contributed by atoms with Crippen LogP contribution in [0.25, 0.3) is 0 Å². The summed E-state index contributed by atoms with van der Waals surface area (Å²) in [5.41, 5.74) is 1.51. The minimum atomic E-state index is -0.253. The van der Waals surface area contributed by atoms with Crippen LogP contribution in [0.5, 0.6) is 0 Å². The largest absolute Gasteiger partial charge is 0.383 e. The van der Waals surface area contributed by atoms with E-state index in [0.717, 1.165) is 5.56 Å². The van der Waals surface area contributed by atoms with Crippen LogP contribution in [0.15, 0.2) is 23.2 Å². The molecule has 1 rings (SSSR count). The first-order chi connectivity index (χ1) is 10.1. The molecule has 1 atom stereocenters. The minimum Gasteiger partial charge on any atom is -0.383 e. The van der Waals surface area contributed by atoms with E-state index in [1.54, 1.807) is 33.4 Å². The molecular formula is C15H24FN3O2. The number of hydrogen-bond acceptors (Lipinski definition) is 3. The highest BCUT2D eigenvalue weighted by Crippen LogP contribution is 2.11. The number of hydrogen-bond donors (Lipinski definition) is 2. The van der Waals surface area contributed by atoms with Crippen molar-refractivity contribution in [3.63, 3.8) is 0 Å². The third kappa shape index (κ3) is 6.10. The molecule has 118 valence electrons. The predicted molar refractivity (Wildman–Crippen MR) is 81.8 cm³/mol. The van der Waals surface area contributed by atoms with Gasteiger partial charge < -0.3 is 20.1 Å². The van der Waals surface area contributed by atoms with E-state index in [4.69, 9.17) is 9.47 Å². The maximum atomic E-state index is 13.5. The molecule has 6 heteroatoms. The van der Waals surface area contributed by atoms with E-state index < -0.39 is 0 Å². The summed E-state index contributed by atoms with van der Waals surface area (Å²) in [5, 5.41) is 6.39. The number of guanidine groups is 1. The van der Waals surface area contributed by atoms with E-state index in [0.29, 0.717) is 24.7 Å². The Morgan fingerprint density at radius 3 is 2.71 bits per heavy atom. The fraction of sp³-hybridized carbons (Fsp3) is 0.533. The third-order valence-corrected chi connectivity index (χ3v) is 2.89. The van der Waals surface area contributed by atoms with Gasteiger partial charge in [0.05, 0.1) is 13.2 Å². The lowest BCUT2D eigenvalue weighted by Gasteiger charge is -2.17. The molecule has 1 aromatic carbocycles. The first-order valence-electron chi connectivity index (χ1n) is 6.83. The van der Waals surface area contributed by atoms with Gasteiger partial charge in [0.2, 0.25) is 0 Å². The number of methoxy groups -OCH3 is 2. The van der Waals surface area contributed by atoms with Gasteiger partial charge in [-0.2, -0.15) is 0 Å². The first kappa shape index (κ1) is 17.4. The van der Waals surface area contributed by atoms with Gasteiger partial charge in [-0.15, -0.1) is 0 Å². The normalized spacial score (nSPS) is 13.1. The van der Waals surface area contributed by atoms with Gasteiger partial charge in [0.25, 0.3) is 0 Å². The Kier molecular flexibility index (Phi) is 7.71. The van der Waals surface area contributed by atoms with Gasteiger partial charge in [0.1, 0.15) is 5.82 Å². The van der Waals surface area contributed by atoms with Crippen molar-refractivity contribution in [3.05, 3.63) is 35.1 Å². The van der Waals surface area contributed by atoms with Crippen LogP contribution in [0.1, 0.15) is 18.1 Å². The van der Waals surface area contributed by atoms with Crippen LogP contribution in [-0.2, 0) is 22.6 Å². The fourth-order valence-corrected chi connectivity index (χ4v) is 1.91. The van der Waals surface area contributed by atoms with Gasteiger partial charge in [0.15, 0.2) is 5.96 Å². The van der Waals surface area contributed by atoms with Crippen LogP contribution in [0.4, 0.5) is 4.39 Å². The summed E-state index contributed by atoms with van der Waals surface area (Å²) in [6, 6.07) is 5.14. The molecular weight excluding hydrogens is 273 g/mol. The fourth-order valence-electron chi connectivity index (χ4n) is 1.91. The van der Waals surface area contributed by atoms with Crippen LogP contribution >= 0.6 is 0 Å². The molecule has 0 saturated carbocycles. The zero-order valence-electron chi connectivity index (χ0n) is 13.1. The average Bonchev–Trinajstić information content (AvgIpc) is 2.47. The van der Waals surface area contributed by atoms with E-state index in [2.05, 4.69) is 15.6 Å². The second-order valence-electron chi connectivity index (χ2n) is 4.79. The molecule has 0 aliphatic heterocycles. The van der Waals surface area contributed by atoms with Crippen LogP contribution in [0, 0.1) is 5.82 Å². The molecule has 0 aliphatic rings. The van der Waals surface area contributed by atoms with Gasteiger partial charge in [0, 0.05) is 39.4 Å². The van der Waals surface area contributed by atoms with Crippen molar-refractivity contribution in [2.75, 3.05) is 27.9 Å². The monoisotopic (exact) mass is 297 g/mol. The molecule has 0 saturated heterocycles. The van der Waals surface area contributed by atoms with Crippen LogP contribution in [0.2, 0.25) is 0 Å². The second-order valence-corrected chi connectivity index (χ2v) is 4.79. The molecule has 5 nitrogen and oxygen atoms in total. The van der Waals surface area contributed by atoms with Gasteiger partial charge >= 0.3 is 0 Å². The minimum absolute atomic E-state index is 0.151. The van der Waals surface area contributed by atoms with Gasteiger partial charge in [-0.1, -0.05) is 6.07 Å². The Labute approximate surface area is 125 Å². The molecule has 0 spiro atoms. The third-order valence-electron chi connectivity index (χ3n) is 2.89. The highest BCUT2D eigenvalue weighted by atomic mass is 19.1. The van der Waals surface area contributed by atoms with Gasteiger partial charge in [-0.25, -0.2) is 4.39 Å². The molecule has 0 radical (unpaired) electrons. The summed E-state index contributed by atoms with van der Waals surface area (Å²) < 4.78 is 23.6. The maximum Gasteiger partial charge on any atom is 0.191 e. The molecule has 2 N–H and O–H groups in total. The van der Waals surface area contributed by atoms with E-state index in [-0.39, 0.29) is 18.5 Å². The highest BCUT2D eigenvalue weighted by Gasteiger charge is 2.06. The average molecular weight is 297 g/mol. The van der Waals surface area contributed by atoms with Crippen molar-refractivity contribution in [3.8, 4) is 0 Å². The maximum absolute atomic E-state index is 13.5. The van der Waals surface area contributed by atoms with Crippen molar-refractivity contribution in [2.24, 2.45) is 4.99 Å². The number of halogens is 1. The Balaban J connectivity index is 2.58. The highest BCUT2D eigenvalue weighted by molar-refractivity contribution is 5.79. The molecule has 1 unspecified atom stereocenters. The first-order valence-corrected chi connectivity index (χ1v) is 6.83. The lowest BCUT2D eigenvalue weighted by Crippen LogP contribution is -2.43. The Bertz CT molecular complexity index is 466. The molecule has 0 heterocycles. The van der Waals surface area contributed by atoms with Gasteiger partial charge in [-0.3, -0.25) is 4.99 Å². The second kappa shape index (κ2) is 9.31. The molecule has 0 bridgehead atoms. The van der Waals surface area contributed by atoms with Crippen molar-refractivity contribution < 1.29 is 13.9 Å². The zero-order valence-corrected chi connectivity index (χ0v) is 13.1. The van der Waals surface area contributed by atoms with Crippen molar-refractivity contribution in [1.82, 2.24) is 10.6 Å². The molecule has 21 heavy (non-hydrogen) atoms. The van der Waals surface area contributed by atoms with E-state index in [1.165, 1.54) is 6.07 Å². The summed E-state index contributed by atoms with van der Waals surface area (Å²) in [7, 11) is 4.91. The molecule has 1 aromatic rings. The Hall–Kier alpha value is -1.66. The number of rotatable bonds is 7. The van der Waals surface area contributed by atoms with E-state index >= 15 is 0 Å². The summed E-state index contributed by atoms with van der Waals surface area (Å²) in [4.78, 5) is 4.14. The van der Waals surface area contributed by atoms with Crippen molar-refractivity contribution in [2.45, 2.75) is 26.1 Å². The van der Waals surface area contributed by atoms with Gasteiger partial charge in [-0.05, 0) is 24.6 Å². The summed E-state index contributed by atoms with van der Waals surface area (Å²) in [6.45, 7) is 3.41. The summed E-state index contributed by atoms with van der Waals surface area (Å²) in [5.74, 6) is 0.425. The van der Waals surface area contributed by atoms with E-state index in [9.17, 15) is 4.39 Å². The predicted octanol–water partition coefficient (Wildman–Crippen LogP) is 1.67. The quantitative estimate of drug-likeness (QED) is 0.594. The van der Waals surface area contributed by atoms with Crippen LogP contribution < -0.4 is 10.6 Å². The van der Waals surface area contributed by atoms with Crippen LogP contribution in [-0.4, -0.2) is 39.9 Å². The van der Waals surface area contributed by atoms with Crippen molar-refractivity contribution >= 4 is 5.96 Å². The zero-order chi connectivity index (χ0) is 15.7. The SMILES string of the molecule is CN=C(NCc1ccc(F)c(COC)c1)NC(C)COC. The number of benzene rings is 1. The number of aliphatic imine (C=N–C) groups is 1. The topological polar surface area (TPSA) is 54.9 Å². The van der Waals surface area contributed by atoms with Crippen molar-refractivity contribution in [1.29, 1.82) is 0 Å². The number of ether oxygens (including phenoxy) is 2. The Morgan fingerprint density at radius 2 is 2.10 bits per heavy atom. The number of nitrogens with zero attached hydrogens (tertiary/aromatic N) is 1. The lowest BCUT2D eigenvalue weighted by molar-refractivity contribution is 0.179. The molecule has 0 amide bonds. The standard InChI is InChI=1S/C15H24FN3O2/c1-11(9-20-3)19-15(17-2)18-8-12-5-6-14(16)13(7-12)10-21-4/h5-7,11H,8-10H2,1-4H3,(H2,17,18,19). The van der Waals surface area contributed by atoms with E-state index in [1.807, 2.05) is 6.92 Å². The Morgan fingerprint density at radius 1 is 1.33 bits per heavy atom. The smallest absolute Gasteiger partial charge is 0.191 e. The number of nitrogens with one attached hydrogen (secondary N) is 2. The van der Waals surface area contributed by atoms with Crippen LogP contribution in [0.3, 0.4) is 0 Å². The summed E-state index contributed by atoms with van der Waals surface area (Å²) >= 11 is 0. The molecule has 0 aromatic heterocycles. The molecule has 0 aliphatic carbocycles.